The summed E-state index contributed by atoms with van der Waals surface area (Å²) >= 11 is 0. The van der Waals surface area contributed by atoms with Crippen molar-refractivity contribution < 1.29 is 23.8 Å². The molecule has 2 rings (SSSR count). The number of benzene rings is 2. The van der Waals surface area contributed by atoms with Crippen LogP contribution >= 0.6 is 0 Å². The van der Waals surface area contributed by atoms with Crippen molar-refractivity contribution in [2.45, 2.75) is 6.54 Å². The predicted octanol–water partition coefficient (Wildman–Crippen LogP) is 2.31. The Morgan fingerprint density at radius 1 is 1.05 bits per heavy atom. The monoisotopic (exact) mass is 279 g/mol. The number of phenols is 2. The number of nitrogens with one attached hydrogen (secondary N) is 1. The molecule has 0 atom stereocenters. The molecule has 0 aliphatic heterocycles. The van der Waals surface area contributed by atoms with Crippen molar-refractivity contribution in [1.82, 2.24) is 5.32 Å². The molecule has 0 fully saturated rings. The highest BCUT2D eigenvalue weighted by atomic mass is 19.1. The lowest BCUT2D eigenvalue weighted by molar-refractivity contribution is 0.0950. The van der Waals surface area contributed by atoms with Gasteiger partial charge in [0, 0.05) is 23.7 Å². The fraction of sp³-hybridized carbons (Fsp3) is 0.0714. The Morgan fingerprint density at radius 2 is 1.80 bits per heavy atom. The molecule has 0 aliphatic carbocycles. The first-order valence-corrected chi connectivity index (χ1v) is 5.71. The molecule has 0 radical (unpaired) electrons. The van der Waals surface area contributed by atoms with Crippen LogP contribution in [0.25, 0.3) is 0 Å². The molecule has 0 heterocycles. The van der Waals surface area contributed by atoms with Gasteiger partial charge in [0.1, 0.15) is 11.6 Å². The Labute approximate surface area is 113 Å². The summed E-state index contributed by atoms with van der Waals surface area (Å²) in [6.45, 7) is -0.118. The molecule has 0 unspecified atom stereocenters. The van der Waals surface area contributed by atoms with Crippen LogP contribution in [0.2, 0.25) is 0 Å². The van der Waals surface area contributed by atoms with Crippen LogP contribution in [0.4, 0.5) is 8.78 Å². The third kappa shape index (κ3) is 3.03. The van der Waals surface area contributed by atoms with E-state index < -0.39 is 23.3 Å². The van der Waals surface area contributed by atoms with Crippen molar-refractivity contribution in [1.29, 1.82) is 0 Å². The summed E-state index contributed by atoms with van der Waals surface area (Å²) in [5.41, 5.74) is 0.255. The summed E-state index contributed by atoms with van der Waals surface area (Å²) < 4.78 is 26.1. The molecule has 0 saturated carbocycles. The average molecular weight is 279 g/mol. The normalized spacial score (nSPS) is 10.3. The van der Waals surface area contributed by atoms with Gasteiger partial charge in [0.15, 0.2) is 11.5 Å². The van der Waals surface area contributed by atoms with Gasteiger partial charge in [0.05, 0.1) is 0 Å². The van der Waals surface area contributed by atoms with Gasteiger partial charge < -0.3 is 15.5 Å². The summed E-state index contributed by atoms with van der Waals surface area (Å²) in [7, 11) is 0. The molecule has 3 N–H and O–H groups in total. The van der Waals surface area contributed by atoms with Gasteiger partial charge in [-0.3, -0.25) is 4.79 Å². The Bertz CT molecular complexity index is 659. The molecule has 104 valence electrons. The number of hydrogen-bond acceptors (Lipinski definition) is 3. The number of halogens is 2. The molecule has 2 aromatic carbocycles. The van der Waals surface area contributed by atoms with Gasteiger partial charge >= 0.3 is 0 Å². The zero-order valence-electron chi connectivity index (χ0n) is 10.2. The minimum atomic E-state index is -0.751. The Morgan fingerprint density at radius 3 is 2.45 bits per heavy atom. The molecule has 6 heteroatoms. The van der Waals surface area contributed by atoms with Gasteiger partial charge in [-0.25, -0.2) is 8.78 Å². The lowest BCUT2D eigenvalue weighted by Crippen LogP contribution is -2.23. The minimum absolute atomic E-state index is 0.114. The molecule has 0 aromatic heterocycles. The topological polar surface area (TPSA) is 69.6 Å². The maximum Gasteiger partial charge on any atom is 0.251 e. The highest BCUT2D eigenvalue weighted by Crippen LogP contribution is 2.24. The number of carbonyl (C=O) groups is 1. The second-order valence-corrected chi connectivity index (χ2v) is 4.12. The lowest BCUT2D eigenvalue weighted by Gasteiger charge is -2.07. The van der Waals surface area contributed by atoms with Crippen molar-refractivity contribution in [2.24, 2.45) is 0 Å². The number of rotatable bonds is 3. The summed E-state index contributed by atoms with van der Waals surface area (Å²) in [6.07, 6.45) is 0. The third-order valence-electron chi connectivity index (χ3n) is 2.69. The van der Waals surface area contributed by atoms with E-state index >= 15 is 0 Å². The number of aromatic hydroxyl groups is 2. The Balaban J connectivity index is 2.06. The third-order valence-corrected chi connectivity index (χ3v) is 2.69. The fourth-order valence-corrected chi connectivity index (χ4v) is 1.61. The summed E-state index contributed by atoms with van der Waals surface area (Å²) in [5.74, 6) is -2.76. The zero-order valence-corrected chi connectivity index (χ0v) is 10.2. The highest BCUT2D eigenvalue weighted by Gasteiger charge is 2.10. The summed E-state index contributed by atoms with van der Waals surface area (Å²) in [4.78, 5) is 11.8. The van der Waals surface area contributed by atoms with E-state index in [9.17, 15) is 18.7 Å². The van der Waals surface area contributed by atoms with E-state index in [1.165, 1.54) is 18.2 Å². The smallest absolute Gasteiger partial charge is 0.251 e. The highest BCUT2D eigenvalue weighted by molar-refractivity contribution is 5.94. The van der Waals surface area contributed by atoms with E-state index in [4.69, 9.17) is 5.11 Å². The van der Waals surface area contributed by atoms with Crippen LogP contribution in [0, 0.1) is 11.6 Å². The molecule has 0 bridgehead atoms. The zero-order chi connectivity index (χ0) is 14.7. The fourth-order valence-electron chi connectivity index (χ4n) is 1.61. The van der Waals surface area contributed by atoms with Gasteiger partial charge in [-0.15, -0.1) is 0 Å². The molecule has 0 spiro atoms. The van der Waals surface area contributed by atoms with E-state index in [-0.39, 0.29) is 23.4 Å². The van der Waals surface area contributed by atoms with Gasteiger partial charge in [0.2, 0.25) is 0 Å². The molecular weight excluding hydrogens is 268 g/mol. The van der Waals surface area contributed by atoms with Gasteiger partial charge in [-0.2, -0.15) is 0 Å². The first-order valence-electron chi connectivity index (χ1n) is 5.71. The van der Waals surface area contributed by atoms with Crippen LogP contribution in [0.5, 0.6) is 11.5 Å². The van der Waals surface area contributed by atoms with Crippen LogP contribution < -0.4 is 5.32 Å². The van der Waals surface area contributed by atoms with Crippen LogP contribution in [0.3, 0.4) is 0 Å². The molecule has 0 aliphatic rings. The van der Waals surface area contributed by atoms with Gasteiger partial charge in [-0.05, 0) is 24.3 Å². The Hall–Kier alpha value is -2.63. The van der Waals surface area contributed by atoms with Crippen LogP contribution in [0.15, 0.2) is 36.4 Å². The van der Waals surface area contributed by atoms with Crippen molar-refractivity contribution in [3.05, 3.63) is 59.2 Å². The molecular formula is C14H11F2NO3. The molecule has 20 heavy (non-hydrogen) atoms. The molecule has 1 amide bonds. The summed E-state index contributed by atoms with van der Waals surface area (Å²) in [5, 5.41) is 20.8. The number of phenolic OH excluding ortho intramolecular Hbond substituents is 2. The first-order chi connectivity index (χ1) is 9.47. The second kappa shape index (κ2) is 5.56. The van der Waals surface area contributed by atoms with Gasteiger partial charge in [-0.1, -0.05) is 6.07 Å². The largest absolute Gasteiger partial charge is 0.504 e. The standard InChI is InChI=1S/C14H11F2NO3/c15-10-3-1-9(11(16)6-10)7-17-14(20)8-2-4-12(18)13(19)5-8/h1-6,18-19H,7H2,(H,17,20). The van der Waals surface area contributed by atoms with Gasteiger partial charge in [0.25, 0.3) is 5.91 Å². The van der Waals surface area contributed by atoms with Crippen LogP contribution in [-0.4, -0.2) is 16.1 Å². The SMILES string of the molecule is O=C(NCc1ccc(F)cc1F)c1ccc(O)c(O)c1. The predicted molar refractivity (Wildman–Crippen MR) is 67.3 cm³/mol. The lowest BCUT2D eigenvalue weighted by atomic mass is 10.1. The van der Waals surface area contributed by atoms with Crippen LogP contribution in [-0.2, 0) is 6.54 Å². The first kappa shape index (κ1) is 13.8. The maximum atomic E-state index is 13.4. The van der Waals surface area contributed by atoms with E-state index in [2.05, 4.69) is 5.32 Å². The van der Waals surface area contributed by atoms with Crippen molar-refractivity contribution >= 4 is 5.91 Å². The summed E-state index contributed by atoms with van der Waals surface area (Å²) in [6, 6.07) is 6.63. The van der Waals surface area contributed by atoms with Crippen molar-refractivity contribution in [3.8, 4) is 11.5 Å². The number of amides is 1. The average Bonchev–Trinajstić information content (AvgIpc) is 2.40. The van der Waals surface area contributed by atoms with Crippen molar-refractivity contribution in [3.63, 3.8) is 0 Å². The molecule has 2 aromatic rings. The number of hydrogen-bond donors (Lipinski definition) is 3. The second-order valence-electron chi connectivity index (χ2n) is 4.12. The van der Waals surface area contributed by atoms with E-state index in [0.29, 0.717) is 0 Å². The maximum absolute atomic E-state index is 13.4. The molecule has 4 nitrogen and oxygen atoms in total. The molecule has 0 saturated heterocycles. The van der Waals surface area contributed by atoms with Crippen molar-refractivity contribution in [2.75, 3.05) is 0 Å². The number of carbonyl (C=O) groups excluding carboxylic acids is 1. The minimum Gasteiger partial charge on any atom is -0.504 e. The van der Waals surface area contributed by atoms with E-state index in [1.807, 2.05) is 0 Å². The van der Waals surface area contributed by atoms with E-state index in [0.717, 1.165) is 18.2 Å². The van der Waals surface area contributed by atoms with E-state index in [1.54, 1.807) is 0 Å². The van der Waals surface area contributed by atoms with Crippen LogP contribution in [0.1, 0.15) is 15.9 Å². The Kier molecular flexibility index (Phi) is 3.84. The quantitative estimate of drug-likeness (QED) is 0.755.